The van der Waals surface area contributed by atoms with Crippen LogP contribution >= 0.6 is 0 Å². The maximum Gasteiger partial charge on any atom is 0.253 e. The standard InChI is InChI=1S/C25H37N3O3/c1-5-27-11-8-25(23(27)30)18-26(12-13-31-4)17-24(25)6-9-28(10-7-24)22(29)21-15-19(2)14-20(3)16-21/h14-16H,5-13,17-18H2,1-4H3. The van der Waals surface area contributed by atoms with Gasteiger partial charge in [0.25, 0.3) is 5.91 Å². The van der Waals surface area contributed by atoms with Crippen molar-refractivity contribution < 1.29 is 14.3 Å². The quantitative estimate of drug-likeness (QED) is 0.725. The van der Waals surface area contributed by atoms with Crippen molar-refractivity contribution in [2.24, 2.45) is 10.8 Å². The lowest BCUT2D eigenvalue weighted by Crippen LogP contribution is -2.53. The first kappa shape index (κ1) is 22.3. The minimum absolute atomic E-state index is 0.0406. The van der Waals surface area contributed by atoms with E-state index in [0.717, 1.165) is 81.8 Å². The summed E-state index contributed by atoms with van der Waals surface area (Å²) in [5, 5.41) is 0. The van der Waals surface area contributed by atoms with Gasteiger partial charge in [-0.15, -0.1) is 0 Å². The highest BCUT2D eigenvalue weighted by Gasteiger charge is 2.64. The fourth-order valence-electron chi connectivity index (χ4n) is 6.40. The van der Waals surface area contributed by atoms with E-state index >= 15 is 0 Å². The van der Waals surface area contributed by atoms with Crippen LogP contribution in [0.3, 0.4) is 0 Å². The van der Waals surface area contributed by atoms with Crippen molar-refractivity contribution in [1.29, 1.82) is 0 Å². The van der Waals surface area contributed by atoms with Crippen LogP contribution in [0.25, 0.3) is 0 Å². The Bertz CT molecular complexity index is 826. The van der Waals surface area contributed by atoms with Gasteiger partial charge < -0.3 is 14.5 Å². The highest BCUT2D eigenvalue weighted by Crippen LogP contribution is 2.57. The average molecular weight is 428 g/mol. The minimum Gasteiger partial charge on any atom is -0.383 e. The summed E-state index contributed by atoms with van der Waals surface area (Å²) in [5.41, 5.74) is 2.69. The molecule has 0 aliphatic carbocycles. The maximum absolute atomic E-state index is 13.6. The van der Waals surface area contributed by atoms with Crippen LogP contribution in [0.15, 0.2) is 18.2 Å². The molecular weight excluding hydrogens is 390 g/mol. The molecule has 1 aromatic carbocycles. The molecule has 0 N–H and O–H groups in total. The number of likely N-dealkylation sites (tertiary alicyclic amines) is 3. The van der Waals surface area contributed by atoms with E-state index in [1.807, 2.05) is 35.8 Å². The highest BCUT2D eigenvalue weighted by atomic mass is 16.5. The molecule has 2 spiro atoms. The second-order valence-electron chi connectivity index (χ2n) is 9.87. The first-order valence-electron chi connectivity index (χ1n) is 11.7. The summed E-state index contributed by atoms with van der Waals surface area (Å²) >= 11 is 0. The third-order valence-corrected chi connectivity index (χ3v) is 8.01. The third-order valence-electron chi connectivity index (χ3n) is 8.01. The van der Waals surface area contributed by atoms with E-state index < -0.39 is 0 Å². The number of methoxy groups -OCH3 is 1. The summed E-state index contributed by atoms with van der Waals surface area (Å²) in [6, 6.07) is 6.08. The van der Waals surface area contributed by atoms with Gasteiger partial charge in [0.1, 0.15) is 0 Å². The predicted octanol–water partition coefficient (Wildman–Crippen LogP) is 2.73. The van der Waals surface area contributed by atoms with Gasteiger partial charge in [-0.1, -0.05) is 17.2 Å². The Labute approximate surface area is 186 Å². The van der Waals surface area contributed by atoms with Crippen LogP contribution in [0, 0.1) is 24.7 Å². The molecular formula is C25H37N3O3. The number of fused-ring (bicyclic) bond motifs is 1. The number of rotatable bonds is 5. The van der Waals surface area contributed by atoms with E-state index in [1.165, 1.54) is 0 Å². The van der Waals surface area contributed by atoms with Gasteiger partial charge >= 0.3 is 0 Å². The molecule has 6 heteroatoms. The molecule has 0 saturated carbocycles. The van der Waals surface area contributed by atoms with Gasteiger partial charge in [0.2, 0.25) is 5.91 Å². The van der Waals surface area contributed by atoms with Crippen molar-refractivity contribution in [3.8, 4) is 0 Å². The van der Waals surface area contributed by atoms with Gasteiger partial charge in [-0.05, 0) is 52.2 Å². The lowest BCUT2D eigenvalue weighted by atomic mass is 9.60. The van der Waals surface area contributed by atoms with Crippen molar-refractivity contribution in [2.45, 2.75) is 40.0 Å². The molecule has 0 bridgehead atoms. The van der Waals surface area contributed by atoms with Crippen LogP contribution in [-0.4, -0.2) is 86.0 Å². The number of hydrogen-bond acceptors (Lipinski definition) is 4. The number of carbonyl (C=O) groups excluding carboxylic acids is 2. The number of amides is 2. The molecule has 3 saturated heterocycles. The average Bonchev–Trinajstić information content (AvgIpc) is 3.23. The molecule has 170 valence electrons. The summed E-state index contributed by atoms with van der Waals surface area (Å²) < 4.78 is 5.33. The summed E-state index contributed by atoms with van der Waals surface area (Å²) in [6.07, 6.45) is 2.74. The van der Waals surface area contributed by atoms with Crippen molar-refractivity contribution in [1.82, 2.24) is 14.7 Å². The summed E-state index contributed by atoms with van der Waals surface area (Å²) in [7, 11) is 1.73. The molecule has 0 radical (unpaired) electrons. The molecule has 1 aromatic rings. The number of nitrogens with zero attached hydrogens (tertiary/aromatic N) is 3. The maximum atomic E-state index is 13.6. The van der Waals surface area contributed by atoms with Crippen LogP contribution in [-0.2, 0) is 9.53 Å². The second kappa shape index (κ2) is 8.55. The van der Waals surface area contributed by atoms with Gasteiger partial charge in [-0.2, -0.15) is 0 Å². The van der Waals surface area contributed by atoms with Gasteiger partial charge in [0.15, 0.2) is 0 Å². The van der Waals surface area contributed by atoms with Crippen molar-refractivity contribution in [3.05, 3.63) is 34.9 Å². The van der Waals surface area contributed by atoms with Crippen molar-refractivity contribution >= 4 is 11.8 Å². The number of ether oxygens (including phenoxy) is 1. The van der Waals surface area contributed by atoms with E-state index in [2.05, 4.69) is 17.9 Å². The zero-order valence-corrected chi connectivity index (χ0v) is 19.6. The van der Waals surface area contributed by atoms with Crippen LogP contribution in [0.4, 0.5) is 0 Å². The Balaban J connectivity index is 1.54. The van der Waals surface area contributed by atoms with E-state index in [1.54, 1.807) is 7.11 Å². The lowest BCUT2D eigenvalue weighted by Gasteiger charge is -2.47. The van der Waals surface area contributed by atoms with Crippen molar-refractivity contribution in [2.75, 3.05) is 59.5 Å². The number of aryl methyl sites for hydroxylation is 2. The lowest BCUT2D eigenvalue weighted by molar-refractivity contribution is -0.141. The fourth-order valence-corrected chi connectivity index (χ4v) is 6.40. The molecule has 6 nitrogen and oxygen atoms in total. The number of piperidine rings is 1. The topological polar surface area (TPSA) is 53.1 Å². The van der Waals surface area contributed by atoms with Crippen LogP contribution in [0.1, 0.15) is 47.7 Å². The molecule has 31 heavy (non-hydrogen) atoms. The van der Waals surface area contributed by atoms with Crippen LogP contribution < -0.4 is 0 Å². The first-order valence-corrected chi connectivity index (χ1v) is 11.7. The van der Waals surface area contributed by atoms with Gasteiger partial charge in [0, 0.05) is 63.9 Å². The molecule has 2 amide bonds. The third kappa shape index (κ3) is 3.78. The molecule has 1 atom stereocenters. The molecule has 3 fully saturated rings. The first-order chi connectivity index (χ1) is 14.8. The number of carbonyl (C=O) groups is 2. The molecule has 0 aromatic heterocycles. The van der Waals surface area contributed by atoms with E-state index in [4.69, 9.17) is 4.74 Å². The van der Waals surface area contributed by atoms with E-state index in [0.29, 0.717) is 12.5 Å². The van der Waals surface area contributed by atoms with Gasteiger partial charge in [-0.3, -0.25) is 14.5 Å². The summed E-state index contributed by atoms with van der Waals surface area (Å²) in [4.78, 5) is 33.2. The highest BCUT2D eigenvalue weighted by molar-refractivity contribution is 5.94. The summed E-state index contributed by atoms with van der Waals surface area (Å²) in [6.45, 7) is 12.6. The zero-order valence-electron chi connectivity index (χ0n) is 19.6. The Morgan fingerprint density at radius 1 is 1.03 bits per heavy atom. The van der Waals surface area contributed by atoms with Gasteiger partial charge in [0.05, 0.1) is 12.0 Å². The largest absolute Gasteiger partial charge is 0.383 e. The summed E-state index contributed by atoms with van der Waals surface area (Å²) in [5.74, 6) is 0.460. The smallest absolute Gasteiger partial charge is 0.253 e. The Morgan fingerprint density at radius 3 is 2.29 bits per heavy atom. The predicted molar refractivity (Wildman–Crippen MR) is 121 cm³/mol. The SMILES string of the molecule is CCN1CCC2(CN(CCOC)CC23CCN(C(=O)c2cc(C)cc(C)c2)CC3)C1=O. The number of benzene rings is 1. The Hall–Kier alpha value is -1.92. The number of hydrogen-bond donors (Lipinski definition) is 0. The minimum atomic E-state index is -0.300. The normalized spacial score (nSPS) is 25.9. The monoisotopic (exact) mass is 427 g/mol. The van der Waals surface area contributed by atoms with E-state index in [9.17, 15) is 9.59 Å². The molecule has 3 aliphatic rings. The Morgan fingerprint density at radius 2 is 1.71 bits per heavy atom. The molecule has 4 rings (SSSR count). The second-order valence-corrected chi connectivity index (χ2v) is 9.87. The molecule has 1 unspecified atom stereocenters. The molecule has 3 heterocycles. The fraction of sp³-hybridized carbons (Fsp3) is 0.680. The zero-order chi connectivity index (χ0) is 22.2. The molecule has 3 aliphatic heterocycles. The van der Waals surface area contributed by atoms with Crippen LogP contribution in [0.5, 0.6) is 0 Å². The van der Waals surface area contributed by atoms with Crippen LogP contribution in [0.2, 0.25) is 0 Å². The Kier molecular flexibility index (Phi) is 6.14. The van der Waals surface area contributed by atoms with Gasteiger partial charge in [-0.25, -0.2) is 0 Å². The van der Waals surface area contributed by atoms with E-state index in [-0.39, 0.29) is 16.7 Å². The van der Waals surface area contributed by atoms with Crippen molar-refractivity contribution in [3.63, 3.8) is 0 Å².